The molecule has 0 saturated carbocycles. The van der Waals surface area contributed by atoms with Crippen LogP contribution in [-0.2, 0) is 43.2 Å². The van der Waals surface area contributed by atoms with Gasteiger partial charge in [0.1, 0.15) is 28.8 Å². The van der Waals surface area contributed by atoms with Crippen LogP contribution in [0.15, 0.2) is 60.7 Å². The third kappa shape index (κ3) is 6.13. The molecular formula is C29H23F7O. The summed E-state index contributed by atoms with van der Waals surface area (Å²) >= 11 is 0. The molecule has 0 saturated heterocycles. The smallest absolute Gasteiger partial charge is 0.380 e. The molecular weight excluding hydrogens is 497 g/mol. The van der Waals surface area contributed by atoms with E-state index in [4.69, 9.17) is 4.74 Å². The summed E-state index contributed by atoms with van der Waals surface area (Å²) in [6.45, 7) is 0.327. The molecule has 194 valence electrons. The predicted octanol–water partition coefficient (Wildman–Crippen LogP) is 8.13. The van der Waals surface area contributed by atoms with E-state index in [9.17, 15) is 26.3 Å². The first-order valence-corrected chi connectivity index (χ1v) is 11.6. The summed E-state index contributed by atoms with van der Waals surface area (Å²) in [6, 6.07) is 14.7. The third-order valence-corrected chi connectivity index (χ3v) is 6.28. The van der Waals surface area contributed by atoms with Crippen molar-refractivity contribution in [3.8, 4) is 0 Å². The quantitative estimate of drug-likeness (QED) is 0.213. The summed E-state index contributed by atoms with van der Waals surface area (Å²) in [5, 5.41) is 0.988. The van der Waals surface area contributed by atoms with Gasteiger partial charge in [0.05, 0.1) is 6.61 Å². The zero-order valence-electron chi connectivity index (χ0n) is 19.9. The van der Waals surface area contributed by atoms with Crippen LogP contribution in [0.4, 0.5) is 30.7 Å². The van der Waals surface area contributed by atoms with Crippen LogP contribution >= 0.6 is 0 Å². The van der Waals surface area contributed by atoms with Gasteiger partial charge in [-0.15, -0.1) is 0 Å². The Morgan fingerprint density at radius 3 is 1.86 bits per heavy atom. The molecule has 0 fully saturated rings. The van der Waals surface area contributed by atoms with Crippen LogP contribution in [0.1, 0.15) is 33.4 Å². The Morgan fingerprint density at radius 2 is 1.22 bits per heavy atom. The highest BCUT2D eigenvalue weighted by Crippen LogP contribution is 2.34. The molecule has 0 aliphatic carbocycles. The lowest BCUT2D eigenvalue weighted by atomic mass is 9.96. The van der Waals surface area contributed by atoms with Crippen LogP contribution < -0.4 is 0 Å². The molecule has 4 aromatic rings. The number of benzene rings is 4. The maximum absolute atomic E-state index is 15.1. The first-order chi connectivity index (χ1) is 17.6. The van der Waals surface area contributed by atoms with Crippen LogP contribution in [0.2, 0.25) is 0 Å². The van der Waals surface area contributed by atoms with Crippen LogP contribution in [0.5, 0.6) is 0 Å². The van der Waals surface area contributed by atoms with Gasteiger partial charge >= 0.3 is 6.18 Å². The number of hydrogen-bond donors (Lipinski definition) is 0. The maximum atomic E-state index is 15.1. The van der Waals surface area contributed by atoms with E-state index < -0.39 is 29.2 Å². The zero-order chi connectivity index (χ0) is 26.7. The van der Waals surface area contributed by atoms with E-state index in [1.54, 1.807) is 37.4 Å². The van der Waals surface area contributed by atoms with E-state index >= 15 is 4.39 Å². The van der Waals surface area contributed by atoms with E-state index in [1.165, 1.54) is 6.07 Å². The number of methoxy groups -OCH3 is 1. The van der Waals surface area contributed by atoms with E-state index in [2.05, 4.69) is 0 Å². The van der Waals surface area contributed by atoms with Crippen LogP contribution in [0.3, 0.4) is 0 Å². The Bertz CT molecular complexity index is 1400. The number of alkyl halides is 3. The van der Waals surface area contributed by atoms with Gasteiger partial charge in [-0.2, -0.15) is 13.2 Å². The Balaban J connectivity index is 1.46. The minimum Gasteiger partial charge on any atom is -0.380 e. The van der Waals surface area contributed by atoms with Crippen molar-refractivity contribution in [2.24, 2.45) is 0 Å². The fourth-order valence-corrected chi connectivity index (χ4v) is 4.38. The van der Waals surface area contributed by atoms with E-state index in [-0.39, 0.29) is 29.8 Å². The molecule has 0 radical (unpaired) electrons. The Hall–Kier alpha value is -3.39. The van der Waals surface area contributed by atoms with Gasteiger partial charge in [-0.1, -0.05) is 42.5 Å². The molecule has 37 heavy (non-hydrogen) atoms. The van der Waals surface area contributed by atoms with Gasteiger partial charge in [0.2, 0.25) is 0 Å². The maximum Gasteiger partial charge on any atom is 0.422 e. The summed E-state index contributed by atoms with van der Waals surface area (Å²) in [5.74, 6) is -4.20. The number of hydrogen-bond acceptors (Lipinski definition) is 1. The largest absolute Gasteiger partial charge is 0.422 e. The standard InChI is InChI=1S/C29H23F7O/c1-37-16-19-4-7-20(24(30)15-19)6-2-17-5-11-23-22(12-17)10-9-21(28(23)33)8-3-18-13-25(31)27(26(32)14-18)29(34,35)36/h4-5,7,9-15H,2-3,6,8,16H2,1H3. The number of ether oxygens (including phenoxy) is 1. The number of halogens is 7. The topological polar surface area (TPSA) is 9.23 Å². The fraction of sp³-hybridized carbons (Fsp3) is 0.241. The Morgan fingerprint density at radius 1 is 0.622 bits per heavy atom. The zero-order valence-corrected chi connectivity index (χ0v) is 19.9. The lowest BCUT2D eigenvalue weighted by molar-refractivity contribution is -0.142. The number of rotatable bonds is 8. The molecule has 1 nitrogen and oxygen atoms in total. The van der Waals surface area contributed by atoms with E-state index in [0.29, 0.717) is 47.9 Å². The highest BCUT2D eigenvalue weighted by Gasteiger charge is 2.37. The minimum atomic E-state index is -5.14. The van der Waals surface area contributed by atoms with Crippen molar-refractivity contribution < 1.29 is 35.5 Å². The average Bonchev–Trinajstić information content (AvgIpc) is 2.82. The lowest BCUT2D eigenvalue weighted by Crippen LogP contribution is -2.12. The van der Waals surface area contributed by atoms with Gasteiger partial charge in [-0.3, -0.25) is 0 Å². The molecule has 0 N–H and O–H groups in total. The predicted molar refractivity (Wildman–Crippen MR) is 127 cm³/mol. The SMILES string of the molecule is COCc1ccc(CCc2ccc3c(F)c(CCc4cc(F)c(C(F)(F)F)c(F)c4)ccc3c2)c(F)c1. The second-order valence-electron chi connectivity index (χ2n) is 8.89. The second-order valence-corrected chi connectivity index (χ2v) is 8.89. The minimum absolute atomic E-state index is 0.000305. The van der Waals surface area contributed by atoms with Gasteiger partial charge < -0.3 is 4.74 Å². The summed E-state index contributed by atoms with van der Waals surface area (Å²) < 4.78 is 100. The molecule has 0 bridgehead atoms. The molecule has 0 spiro atoms. The Labute approximate surface area is 209 Å². The average molecular weight is 520 g/mol. The molecule has 0 heterocycles. The fourth-order valence-electron chi connectivity index (χ4n) is 4.38. The highest BCUT2D eigenvalue weighted by molar-refractivity contribution is 5.84. The molecule has 0 aromatic heterocycles. The molecule has 0 atom stereocenters. The normalized spacial score (nSPS) is 11.9. The van der Waals surface area contributed by atoms with Gasteiger partial charge in [0.15, 0.2) is 0 Å². The third-order valence-electron chi connectivity index (χ3n) is 6.28. The van der Waals surface area contributed by atoms with Crippen molar-refractivity contribution in [1.82, 2.24) is 0 Å². The number of fused-ring (bicyclic) bond motifs is 1. The van der Waals surface area contributed by atoms with Crippen LogP contribution in [0.25, 0.3) is 10.8 Å². The summed E-state index contributed by atoms with van der Waals surface area (Å²) in [6.07, 6.45) is -4.12. The first-order valence-electron chi connectivity index (χ1n) is 11.6. The molecule has 0 amide bonds. The van der Waals surface area contributed by atoms with Gasteiger partial charge in [0, 0.05) is 12.5 Å². The summed E-state index contributed by atoms with van der Waals surface area (Å²) in [4.78, 5) is 0. The number of aryl methyl sites for hydroxylation is 4. The molecule has 0 aliphatic heterocycles. The molecule has 0 unspecified atom stereocenters. The van der Waals surface area contributed by atoms with Crippen LogP contribution in [0, 0.1) is 23.3 Å². The molecule has 4 rings (SSSR count). The molecule has 8 heteroatoms. The first kappa shape index (κ1) is 26.7. The van der Waals surface area contributed by atoms with Gasteiger partial charge in [0.25, 0.3) is 0 Å². The van der Waals surface area contributed by atoms with Crippen molar-refractivity contribution in [3.05, 3.63) is 117 Å². The van der Waals surface area contributed by atoms with Crippen molar-refractivity contribution in [2.45, 2.75) is 38.5 Å². The summed E-state index contributed by atoms with van der Waals surface area (Å²) in [7, 11) is 1.54. The second kappa shape index (κ2) is 10.9. The van der Waals surface area contributed by atoms with Gasteiger partial charge in [-0.25, -0.2) is 17.6 Å². The Kier molecular flexibility index (Phi) is 7.87. The monoisotopic (exact) mass is 520 g/mol. The van der Waals surface area contributed by atoms with Crippen molar-refractivity contribution in [2.75, 3.05) is 7.11 Å². The van der Waals surface area contributed by atoms with Crippen molar-refractivity contribution >= 4 is 10.8 Å². The lowest BCUT2D eigenvalue weighted by Gasteiger charge is -2.12. The molecule has 0 aliphatic rings. The van der Waals surface area contributed by atoms with Crippen molar-refractivity contribution in [3.63, 3.8) is 0 Å². The van der Waals surface area contributed by atoms with Gasteiger partial charge in [-0.05, 0) is 77.1 Å². The van der Waals surface area contributed by atoms with E-state index in [1.807, 2.05) is 12.1 Å². The van der Waals surface area contributed by atoms with Crippen LogP contribution in [-0.4, -0.2) is 7.11 Å². The summed E-state index contributed by atoms with van der Waals surface area (Å²) in [5.41, 5.74) is 0.553. The molecule has 4 aromatic carbocycles. The van der Waals surface area contributed by atoms with Crippen molar-refractivity contribution in [1.29, 1.82) is 0 Å². The highest BCUT2D eigenvalue weighted by atomic mass is 19.4. The van der Waals surface area contributed by atoms with E-state index in [0.717, 1.165) is 11.1 Å².